The van der Waals surface area contributed by atoms with E-state index in [1.807, 2.05) is 6.92 Å². The number of carbonyl (C=O) groups is 1. The first-order valence-corrected chi connectivity index (χ1v) is 3.96. The van der Waals surface area contributed by atoms with Gasteiger partial charge in [-0.3, -0.25) is 4.79 Å². The molecule has 0 spiro atoms. The lowest BCUT2D eigenvalue weighted by atomic mass is 10.0. The summed E-state index contributed by atoms with van der Waals surface area (Å²) in [5, 5.41) is 9.16. The lowest BCUT2D eigenvalue weighted by Crippen LogP contribution is -1.96. The first kappa shape index (κ1) is 10.2. The van der Waals surface area contributed by atoms with Crippen molar-refractivity contribution in [3.63, 3.8) is 0 Å². The van der Waals surface area contributed by atoms with E-state index in [-0.39, 0.29) is 11.5 Å². The summed E-state index contributed by atoms with van der Waals surface area (Å²) in [5.74, 6) is 0.559. The predicted molar refractivity (Wildman–Crippen MR) is 45.5 cm³/mol. The van der Waals surface area contributed by atoms with Gasteiger partial charge in [0.2, 0.25) is 0 Å². The zero-order chi connectivity index (χ0) is 8.85. The van der Waals surface area contributed by atoms with Gasteiger partial charge in [0.25, 0.3) is 0 Å². The average Bonchev–Trinajstić information content (AvgIpc) is 1.85. The molecule has 1 atom stereocenters. The van der Waals surface area contributed by atoms with Crippen LogP contribution in [-0.4, -0.2) is 10.9 Å². The van der Waals surface area contributed by atoms with Crippen LogP contribution in [0.2, 0.25) is 0 Å². The summed E-state index contributed by atoms with van der Waals surface area (Å²) in [7, 11) is 0. The highest BCUT2D eigenvalue weighted by Crippen LogP contribution is 2.11. The van der Waals surface area contributed by atoms with Crippen molar-refractivity contribution in [2.75, 3.05) is 0 Å². The van der Waals surface area contributed by atoms with Crippen molar-refractivity contribution in [1.29, 1.82) is 0 Å². The largest absolute Gasteiger partial charge is 0.512 e. The molecule has 0 saturated heterocycles. The molecule has 0 aliphatic carbocycles. The van der Waals surface area contributed by atoms with E-state index in [2.05, 4.69) is 6.92 Å². The van der Waals surface area contributed by atoms with E-state index in [1.54, 1.807) is 0 Å². The fourth-order valence-electron chi connectivity index (χ4n) is 0.795. The Labute approximate surface area is 67.9 Å². The smallest absolute Gasteiger partial charge is 0.155 e. The molecule has 11 heavy (non-hydrogen) atoms. The number of ketones is 1. The Balaban J connectivity index is 3.85. The van der Waals surface area contributed by atoms with E-state index in [4.69, 9.17) is 5.11 Å². The Hall–Kier alpha value is -0.790. The third-order valence-electron chi connectivity index (χ3n) is 1.62. The summed E-state index contributed by atoms with van der Waals surface area (Å²) in [6.07, 6.45) is 2.91. The SMILES string of the molecule is CCC(C)CC(O)=CC(C)=O. The summed E-state index contributed by atoms with van der Waals surface area (Å²) in [6.45, 7) is 5.54. The van der Waals surface area contributed by atoms with Crippen molar-refractivity contribution in [3.8, 4) is 0 Å². The van der Waals surface area contributed by atoms with Crippen molar-refractivity contribution in [1.82, 2.24) is 0 Å². The molecule has 1 N–H and O–H groups in total. The molecule has 0 saturated carbocycles. The van der Waals surface area contributed by atoms with Gasteiger partial charge in [0.05, 0.1) is 5.76 Å². The lowest BCUT2D eigenvalue weighted by molar-refractivity contribution is -0.112. The number of carbonyl (C=O) groups excluding carboxylic acids is 1. The van der Waals surface area contributed by atoms with Crippen LogP contribution in [0.3, 0.4) is 0 Å². The van der Waals surface area contributed by atoms with Gasteiger partial charge in [-0.1, -0.05) is 20.3 Å². The molecule has 2 heteroatoms. The Morgan fingerprint density at radius 1 is 1.64 bits per heavy atom. The Morgan fingerprint density at radius 2 is 2.18 bits per heavy atom. The molecule has 64 valence electrons. The minimum absolute atomic E-state index is 0.0918. The highest BCUT2D eigenvalue weighted by Gasteiger charge is 2.02. The Bertz CT molecular complexity index is 159. The van der Waals surface area contributed by atoms with E-state index in [9.17, 15) is 4.79 Å². The van der Waals surface area contributed by atoms with Crippen LogP contribution in [0.5, 0.6) is 0 Å². The molecule has 0 rings (SSSR count). The third-order valence-corrected chi connectivity index (χ3v) is 1.62. The van der Waals surface area contributed by atoms with Gasteiger partial charge in [-0.2, -0.15) is 0 Å². The molecular formula is C9H16O2. The van der Waals surface area contributed by atoms with Gasteiger partial charge in [-0.05, 0) is 12.8 Å². The lowest BCUT2D eigenvalue weighted by Gasteiger charge is -2.05. The molecule has 0 aromatic rings. The monoisotopic (exact) mass is 156 g/mol. The fraction of sp³-hybridized carbons (Fsp3) is 0.667. The van der Waals surface area contributed by atoms with Gasteiger partial charge >= 0.3 is 0 Å². The molecule has 0 aliphatic heterocycles. The minimum Gasteiger partial charge on any atom is -0.512 e. The van der Waals surface area contributed by atoms with Crippen LogP contribution in [0.25, 0.3) is 0 Å². The van der Waals surface area contributed by atoms with Crippen molar-refractivity contribution in [2.45, 2.75) is 33.6 Å². The molecule has 0 aromatic carbocycles. The van der Waals surface area contributed by atoms with Crippen LogP contribution in [0.1, 0.15) is 33.6 Å². The van der Waals surface area contributed by atoms with E-state index < -0.39 is 0 Å². The highest BCUT2D eigenvalue weighted by molar-refractivity contribution is 5.87. The normalized spacial score (nSPS) is 14.6. The first-order chi connectivity index (χ1) is 5.06. The number of aliphatic hydroxyl groups is 1. The molecular weight excluding hydrogens is 140 g/mol. The average molecular weight is 156 g/mol. The van der Waals surface area contributed by atoms with Crippen LogP contribution < -0.4 is 0 Å². The second-order valence-electron chi connectivity index (χ2n) is 2.96. The molecule has 0 aromatic heterocycles. The van der Waals surface area contributed by atoms with Gasteiger partial charge in [-0.25, -0.2) is 0 Å². The number of aliphatic hydroxyl groups excluding tert-OH is 1. The van der Waals surface area contributed by atoms with Crippen LogP contribution in [0.15, 0.2) is 11.8 Å². The molecule has 0 aliphatic rings. The molecule has 0 bridgehead atoms. The van der Waals surface area contributed by atoms with Crippen molar-refractivity contribution >= 4 is 5.78 Å². The third kappa shape index (κ3) is 5.64. The van der Waals surface area contributed by atoms with Crippen molar-refractivity contribution < 1.29 is 9.90 Å². The number of allylic oxidation sites excluding steroid dienone is 2. The number of hydrogen-bond acceptors (Lipinski definition) is 2. The van der Waals surface area contributed by atoms with Gasteiger partial charge in [0.1, 0.15) is 0 Å². The minimum atomic E-state index is -0.0918. The second kappa shape index (κ2) is 4.94. The van der Waals surface area contributed by atoms with Crippen molar-refractivity contribution in [2.24, 2.45) is 5.92 Å². The second-order valence-corrected chi connectivity index (χ2v) is 2.96. The summed E-state index contributed by atoms with van der Waals surface area (Å²) in [6, 6.07) is 0. The van der Waals surface area contributed by atoms with Crippen LogP contribution in [0, 0.1) is 5.92 Å². The molecule has 0 radical (unpaired) electrons. The molecule has 1 unspecified atom stereocenters. The summed E-state index contributed by atoms with van der Waals surface area (Å²) < 4.78 is 0. The summed E-state index contributed by atoms with van der Waals surface area (Å²) >= 11 is 0. The number of rotatable bonds is 4. The van der Waals surface area contributed by atoms with E-state index in [0.717, 1.165) is 6.42 Å². The topological polar surface area (TPSA) is 37.3 Å². The predicted octanol–water partition coefficient (Wildman–Crippen LogP) is 2.45. The zero-order valence-electron chi connectivity index (χ0n) is 7.42. The highest BCUT2D eigenvalue weighted by atomic mass is 16.3. The maximum atomic E-state index is 10.5. The Kier molecular flexibility index (Phi) is 4.59. The molecule has 0 fully saturated rings. The molecule has 0 amide bonds. The van der Waals surface area contributed by atoms with Crippen LogP contribution >= 0.6 is 0 Å². The molecule has 2 nitrogen and oxygen atoms in total. The van der Waals surface area contributed by atoms with Gasteiger partial charge in [0, 0.05) is 12.5 Å². The quantitative estimate of drug-likeness (QED) is 0.501. The van der Waals surface area contributed by atoms with E-state index in [0.29, 0.717) is 12.3 Å². The molecule has 0 heterocycles. The van der Waals surface area contributed by atoms with E-state index in [1.165, 1.54) is 13.0 Å². The fourth-order valence-corrected chi connectivity index (χ4v) is 0.795. The van der Waals surface area contributed by atoms with Crippen molar-refractivity contribution in [3.05, 3.63) is 11.8 Å². The summed E-state index contributed by atoms with van der Waals surface area (Å²) in [4.78, 5) is 10.5. The van der Waals surface area contributed by atoms with Crippen LogP contribution in [0.4, 0.5) is 0 Å². The maximum Gasteiger partial charge on any atom is 0.155 e. The Morgan fingerprint density at radius 3 is 2.55 bits per heavy atom. The van der Waals surface area contributed by atoms with Crippen LogP contribution in [-0.2, 0) is 4.79 Å². The van der Waals surface area contributed by atoms with Gasteiger partial charge in [-0.15, -0.1) is 0 Å². The van der Waals surface area contributed by atoms with E-state index >= 15 is 0 Å². The first-order valence-electron chi connectivity index (χ1n) is 3.96. The number of hydrogen-bond donors (Lipinski definition) is 1. The standard InChI is InChI=1S/C9H16O2/c1-4-7(2)5-9(11)6-8(3)10/h6-7,11H,4-5H2,1-3H3. The van der Waals surface area contributed by atoms with Gasteiger partial charge < -0.3 is 5.11 Å². The summed E-state index contributed by atoms with van der Waals surface area (Å²) in [5.41, 5.74) is 0. The van der Waals surface area contributed by atoms with Gasteiger partial charge in [0.15, 0.2) is 5.78 Å². The zero-order valence-corrected chi connectivity index (χ0v) is 7.42. The maximum absolute atomic E-state index is 10.5.